The van der Waals surface area contributed by atoms with Crippen LogP contribution in [0.15, 0.2) is 30.7 Å². The number of benzene rings is 1. The zero-order chi connectivity index (χ0) is 17.3. The van der Waals surface area contributed by atoms with E-state index in [1.165, 1.54) is 0 Å². The lowest BCUT2D eigenvalue weighted by Gasteiger charge is -2.23. The van der Waals surface area contributed by atoms with E-state index in [-0.39, 0.29) is 6.79 Å². The number of anilines is 1. The van der Waals surface area contributed by atoms with Crippen LogP contribution in [0.2, 0.25) is 0 Å². The fourth-order valence-corrected chi connectivity index (χ4v) is 3.56. The molecule has 0 radical (unpaired) electrons. The maximum Gasteiger partial charge on any atom is 0.231 e. The summed E-state index contributed by atoms with van der Waals surface area (Å²) in [5.74, 6) is 2.38. The van der Waals surface area contributed by atoms with Crippen LogP contribution in [0, 0.1) is 0 Å². The number of fused-ring (bicyclic) bond motifs is 2. The summed E-state index contributed by atoms with van der Waals surface area (Å²) in [6.45, 7) is 2.97. The summed E-state index contributed by atoms with van der Waals surface area (Å²) in [5.41, 5.74) is 1.99. The summed E-state index contributed by atoms with van der Waals surface area (Å²) < 4.78 is 12.8. The van der Waals surface area contributed by atoms with E-state index in [2.05, 4.69) is 25.7 Å². The fourth-order valence-electron chi connectivity index (χ4n) is 3.56. The van der Waals surface area contributed by atoms with Crippen LogP contribution in [-0.4, -0.2) is 39.6 Å². The summed E-state index contributed by atoms with van der Waals surface area (Å²) in [6.07, 6.45) is 5.60. The largest absolute Gasteiger partial charge is 0.454 e. The Kier molecular flexibility index (Phi) is 3.82. The summed E-state index contributed by atoms with van der Waals surface area (Å²) in [5, 5.41) is 12.3. The number of hydrogen-bond donors (Lipinski definition) is 2. The van der Waals surface area contributed by atoms with E-state index in [0.29, 0.717) is 12.6 Å². The van der Waals surface area contributed by atoms with Gasteiger partial charge in [-0.3, -0.25) is 0 Å². The molecule has 0 amide bonds. The minimum absolute atomic E-state index is 0.286. The van der Waals surface area contributed by atoms with Crippen LogP contribution in [0.1, 0.15) is 24.4 Å². The molecule has 134 valence electrons. The highest BCUT2D eigenvalue weighted by Gasteiger charge is 2.20. The van der Waals surface area contributed by atoms with Crippen molar-refractivity contribution in [2.45, 2.75) is 25.4 Å². The van der Waals surface area contributed by atoms with Gasteiger partial charge in [0.15, 0.2) is 17.1 Å². The van der Waals surface area contributed by atoms with Gasteiger partial charge in [0.25, 0.3) is 0 Å². The molecule has 3 aromatic rings. The summed E-state index contributed by atoms with van der Waals surface area (Å²) in [4.78, 5) is 8.88. The molecule has 2 aliphatic heterocycles. The van der Waals surface area contributed by atoms with Crippen molar-refractivity contribution < 1.29 is 9.47 Å². The molecule has 0 unspecified atom stereocenters. The van der Waals surface area contributed by atoms with Crippen molar-refractivity contribution in [2.24, 2.45) is 0 Å². The molecule has 5 rings (SSSR count). The molecule has 26 heavy (non-hydrogen) atoms. The molecule has 0 aliphatic carbocycles. The smallest absolute Gasteiger partial charge is 0.231 e. The van der Waals surface area contributed by atoms with Crippen LogP contribution >= 0.6 is 0 Å². The molecule has 8 heteroatoms. The molecule has 0 spiro atoms. The van der Waals surface area contributed by atoms with Gasteiger partial charge in [0, 0.05) is 6.54 Å². The Labute approximate surface area is 150 Å². The monoisotopic (exact) mass is 352 g/mol. The summed E-state index contributed by atoms with van der Waals surface area (Å²) >= 11 is 0. The van der Waals surface area contributed by atoms with E-state index in [0.717, 1.165) is 59.8 Å². The quantitative estimate of drug-likeness (QED) is 0.743. The first-order chi connectivity index (χ1) is 12.9. The Balaban J connectivity index is 1.38. The fraction of sp³-hybridized carbons (Fsp3) is 0.389. The molecule has 0 atom stereocenters. The first-order valence-corrected chi connectivity index (χ1v) is 8.90. The van der Waals surface area contributed by atoms with Gasteiger partial charge in [0.1, 0.15) is 12.1 Å². The van der Waals surface area contributed by atoms with Crippen molar-refractivity contribution >= 4 is 16.9 Å². The van der Waals surface area contributed by atoms with Gasteiger partial charge in [-0.1, -0.05) is 6.07 Å². The van der Waals surface area contributed by atoms with Crippen molar-refractivity contribution in [3.8, 4) is 11.5 Å². The Bertz CT molecular complexity index is 935. The minimum atomic E-state index is 0.286. The molecule has 4 heterocycles. The van der Waals surface area contributed by atoms with Crippen LogP contribution < -0.4 is 20.1 Å². The molecule has 1 aromatic carbocycles. The Hall–Kier alpha value is -2.87. The predicted octanol–water partition coefficient (Wildman–Crippen LogP) is 2.09. The highest BCUT2D eigenvalue weighted by atomic mass is 16.7. The van der Waals surface area contributed by atoms with E-state index in [9.17, 15) is 0 Å². The maximum atomic E-state index is 5.44. The number of rotatable bonds is 4. The Morgan fingerprint density at radius 2 is 2.04 bits per heavy atom. The molecule has 2 N–H and O–H groups in total. The predicted molar refractivity (Wildman–Crippen MR) is 96.4 cm³/mol. The number of nitrogens with one attached hydrogen (secondary N) is 2. The van der Waals surface area contributed by atoms with Crippen molar-refractivity contribution in [3.05, 3.63) is 36.3 Å². The highest BCUT2D eigenvalue weighted by molar-refractivity contribution is 5.86. The third-order valence-corrected chi connectivity index (χ3v) is 4.94. The van der Waals surface area contributed by atoms with Crippen LogP contribution in [-0.2, 0) is 6.54 Å². The number of ether oxygens (including phenoxy) is 2. The summed E-state index contributed by atoms with van der Waals surface area (Å²) in [6, 6.07) is 6.35. The topological polar surface area (TPSA) is 86.1 Å². The maximum absolute atomic E-state index is 5.44. The molecule has 0 saturated carbocycles. The zero-order valence-electron chi connectivity index (χ0n) is 14.3. The standard InChI is InChI=1S/C18H20N6O2/c1-2-15-16(26-11-25-15)7-12(1)8-20-17-14-9-23-24(18(14)22-10-21-17)13-3-5-19-6-4-13/h1-2,7,9-10,13,19H,3-6,8,11H2,(H,20,21,22). The second kappa shape index (κ2) is 6.45. The molecule has 1 fully saturated rings. The molecule has 1 saturated heterocycles. The normalized spacial score (nSPS) is 16.9. The minimum Gasteiger partial charge on any atom is -0.454 e. The molecule has 2 aromatic heterocycles. The lowest BCUT2D eigenvalue weighted by atomic mass is 10.1. The van der Waals surface area contributed by atoms with Crippen molar-refractivity contribution in [1.82, 2.24) is 25.1 Å². The highest BCUT2D eigenvalue weighted by Crippen LogP contribution is 2.33. The number of aromatic nitrogens is 4. The van der Waals surface area contributed by atoms with Crippen molar-refractivity contribution in [3.63, 3.8) is 0 Å². The summed E-state index contributed by atoms with van der Waals surface area (Å²) in [7, 11) is 0. The average Bonchev–Trinajstić information content (AvgIpc) is 3.33. The lowest BCUT2D eigenvalue weighted by molar-refractivity contribution is 0.174. The zero-order valence-corrected chi connectivity index (χ0v) is 14.3. The molecular weight excluding hydrogens is 332 g/mol. The van der Waals surface area contributed by atoms with E-state index >= 15 is 0 Å². The van der Waals surface area contributed by atoms with E-state index in [1.807, 2.05) is 29.1 Å². The Morgan fingerprint density at radius 1 is 1.15 bits per heavy atom. The van der Waals surface area contributed by atoms with Crippen molar-refractivity contribution in [1.29, 1.82) is 0 Å². The van der Waals surface area contributed by atoms with Crippen molar-refractivity contribution in [2.75, 3.05) is 25.2 Å². The van der Waals surface area contributed by atoms with Crippen LogP contribution in [0.3, 0.4) is 0 Å². The SMILES string of the molecule is c1nc(NCc2ccc3c(c2)OCO3)c2cnn(C3CCNCC3)c2n1. The van der Waals surface area contributed by atoms with Crippen LogP contribution in [0.4, 0.5) is 5.82 Å². The molecule has 8 nitrogen and oxygen atoms in total. The molecule has 0 bridgehead atoms. The van der Waals surface area contributed by atoms with E-state index in [4.69, 9.17) is 9.47 Å². The van der Waals surface area contributed by atoms with E-state index < -0.39 is 0 Å². The van der Waals surface area contributed by atoms with Gasteiger partial charge in [-0.25, -0.2) is 14.6 Å². The van der Waals surface area contributed by atoms with Gasteiger partial charge >= 0.3 is 0 Å². The molecule has 2 aliphatic rings. The van der Waals surface area contributed by atoms with Gasteiger partial charge in [-0.15, -0.1) is 0 Å². The molecular formula is C18H20N6O2. The second-order valence-corrected chi connectivity index (χ2v) is 6.57. The first-order valence-electron chi connectivity index (χ1n) is 8.90. The van der Waals surface area contributed by atoms with E-state index in [1.54, 1.807) is 6.33 Å². The number of hydrogen-bond acceptors (Lipinski definition) is 7. The van der Waals surface area contributed by atoms with Gasteiger partial charge in [0.2, 0.25) is 6.79 Å². The third-order valence-electron chi connectivity index (χ3n) is 4.94. The van der Waals surface area contributed by atoms with Crippen LogP contribution in [0.5, 0.6) is 11.5 Å². The van der Waals surface area contributed by atoms with Gasteiger partial charge < -0.3 is 20.1 Å². The second-order valence-electron chi connectivity index (χ2n) is 6.57. The average molecular weight is 352 g/mol. The van der Waals surface area contributed by atoms with Gasteiger partial charge in [0.05, 0.1) is 17.6 Å². The first kappa shape index (κ1) is 15.4. The lowest BCUT2D eigenvalue weighted by Crippen LogP contribution is -2.29. The number of nitrogens with zero attached hydrogens (tertiary/aromatic N) is 4. The van der Waals surface area contributed by atoms with Gasteiger partial charge in [-0.2, -0.15) is 5.10 Å². The number of piperidine rings is 1. The Morgan fingerprint density at radius 3 is 2.96 bits per heavy atom. The van der Waals surface area contributed by atoms with Crippen LogP contribution in [0.25, 0.3) is 11.0 Å². The third kappa shape index (κ3) is 2.72. The van der Waals surface area contributed by atoms with Gasteiger partial charge in [-0.05, 0) is 43.6 Å².